The molecule has 1 aliphatic rings. The number of ketones is 2. The average Bonchev–Trinajstić information content (AvgIpc) is 2.95. The van der Waals surface area contributed by atoms with Crippen LogP contribution < -0.4 is 9.80 Å². The Hall–Kier alpha value is -2.24. The van der Waals surface area contributed by atoms with Gasteiger partial charge in [-0.05, 0) is 40.2 Å². The average molecular weight is 384 g/mol. The zero-order valence-corrected chi connectivity index (χ0v) is 17.7. The molecular weight excluding hydrogens is 350 g/mol. The van der Waals surface area contributed by atoms with Crippen LogP contribution in [0.3, 0.4) is 0 Å². The molecule has 0 aliphatic carbocycles. The lowest BCUT2D eigenvalue weighted by atomic mass is 10.0. The van der Waals surface area contributed by atoms with Gasteiger partial charge in [-0.1, -0.05) is 29.8 Å². The first-order chi connectivity index (χ1) is 13.3. The highest BCUT2D eigenvalue weighted by atomic mass is 16.1. The molecule has 0 saturated carbocycles. The van der Waals surface area contributed by atoms with E-state index in [0.717, 1.165) is 44.0 Å². The van der Waals surface area contributed by atoms with Crippen molar-refractivity contribution in [2.75, 3.05) is 26.2 Å². The summed E-state index contributed by atoms with van der Waals surface area (Å²) in [5, 5.41) is 0. The Balaban J connectivity index is 1.62. The predicted octanol–water partition coefficient (Wildman–Crippen LogP) is 0.697. The number of aromatic amines is 1. The summed E-state index contributed by atoms with van der Waals surface area (Å²) in [6.07, 6.45) is 0. The van der Waals surface area contributed by atoms with Crippen molar-refractivity contribution < 1.29 is 19.4 Å². The highest BCUT2D eigenvalue weighted by molar-refractivity contribution is 6.04. The molecule has 3 rings (SSSR count). The van der Waals surface area contributed by atoms with E-state index < -0.39 is 0 Å². The number of H-pyrrole nitrogens is 1. The first-order valence-electron chi connectivity index (χ1n) is 10.3. The minimum absolute atomic E-state index is 0.0127. The van der Waals surface area contributed by atoms with Crippen LogP contribution in [0.25, 0.3) is 0 Å². The third kappa shape index (κ3) is 4.26. The van der Waals surface area contributed by atoms with E-state index in [0.29, 0.717) is 11.3 Å². The minimum atomic E-state index is -0.0999. The molecule has 1 fully saturated rings. The van der Waals surface area contributed by atoms with Crippen LogP contribution in [-0.2, 0) is 6.54 Å². The molecule has 1 saturated heterocycles. The molecule has 28 heavy (non-hydrogen) atoms. The number of quaternary nitrogens is 2. The van der Waals surface area contributed by atoms with Crippen LogP contribution in [0, 0.1) is 20.8 Å². The molecule has 1 aromatic carbocycles. The van der Waals surface area contributed by atoms with Gasteiger partial charge in [0.15, 0.2) is 11.8 Å². The quantitative estimate of drug-likeness (QED) is 0.643. The van der Waals surface area contributed by atoms with Crippen molar-refractivity contribution in [1.29, 1.82) is 0 Å². The molecule has 1 aromatic heterocycles. The molecule has 0 unspecified atom stereocenters. The molecular formula is C23H33N3O2+2. The molecule has 1 atom stereocenters. The Morgan fingerprint density at radius 1 is 1.11 bits per heavy atom. The number of nitrogens with one attached hydrogen (secondary N) is 3. The van der Waals surface area contributed by atoms with E-state index >= 15 is 0 Å². The van der Waals surface area contributed by atoms with Crippen LogP contribution in [0.2, 0.25) is 0 Å². The number of carbonyl (C=O) groups excluding carboxylic acids is 2. The third-order valence-corrected chi connectivity index (χ3v) is 6.18. The second kappa shape index (κ2) is 8.41. The highest BCUT2D eigenvalue weighted by Crippen LogP contribution is 2.19. The Morgan fingerprint density at radius 2 is 1.79 bits per heavy atom. The van der Waals surface area contributed by atoms with Gasteiger partial charge >= 0.3 is 0 Å². The maximum Gasteiger partial charge on any atom is 0.235 e. The van der Waals surface area contributed by atoms with E-state index in [1.807, 2.05) is 20.8 Å². The number of hydrogen-bond donors (Lipinski definition) is 3. The van der Waals surface area contributed by atoms with Gasteiger partial charge in [0.1, 0.15) is 32.7 Å². The van der Waals surface area contributed by atoms with Crippen LogP contribution in [0.4, 0.5) is 0 Å². The molecule has 0 spiro atoms. The number of hydrogen-bond acceptors (Lipinski definition) is 2. The smallest absolute Gasteiger partial charge is 0.235 e. The first kappa shape index (κ1) is 20.5. The van der Waals surface area contributed by atoms with Gasteiger partial charge in [-0.2, -0.15) is 0 Å². The van der Waals surface area contributed by atoms with Crippen molar-refractivity contribution >= 4 is 11.6 Å². The fraction of sp³-hybridized carbons (Fsp3) is 0.478. The van der Waals surface area contributed by atoms with Crippen molar-refractivity contribution in [1.82, 2.24) is 4.98 Å². The molecule has 2 heterocycles. The van der Waals surface area contributed by atoms with Crippen molar-refractivity contribution in [2.45, 2.75) is 47.2 Å². The molecule has 5 heteroatoms. The summed E-state index contributed by atoms with van der Waals surface area (Å²) in [5.74, 6) is 0.129. The van der Waals surface area contributed by atoms with Crippen molar-refractivity contribution in [3.63, 3.8) is 0 Å². The van der Waals surface area contributed by atoms with Crippen LogP contribution in [0.1, 0.15) is 57.1 Å². The Labute approximate surface area is 167 Å². The van der Waals surface area contributed by atoms with Gasteiger partial charge in [0.25, 0.3) is 0 Å². The summed E-state index contributed by atoms with van der Waals surface area (Å²) >= 11 is 0. The summed E-state index contributed by atoms with van der Waals surface area (Å²) in [4.78, 5) is 31.1. The molecule has 0 radical (unpaired) electrons. The molecule has 3 N–H and O–H groups in total. The SMILES string of the molecule is CC(=O)c1c(C)[nH]c(C(=O)[C@@H](C)[NH+]2CC[NH+](Cc3cccc(C)c3)CC2)c1C. The van der Waals surface area contributed by atoms with E-state index in [-0.39, 0.29) is 17.6 Å². The van der Waals surface area contributed by atoms with Gasteiger partial charge in [0.05, 0.1) is 5.69 Å². The van der Waals surface area contributed by atoms with Gasteiger partial charge < -0.3 is 14.8 Å². The monoisotopic (exact) mass is 383 g/mol. The van der Waals surface area contributed by atoms with Gasteiger partial charge in [0, 0.05) is 16.8 Å². The largest absolute Gasteiger partial charge is 0.355 e. The Kier molecular flexibility index (Phi) is 6.16. The van der Waals surface area contributed by atoms with E-state index in [2.05, 4.69) is 36.2 Å². The summed E-state index contributed by atoms with van der Waals surface area (Å²) < 4.78 is 0. The standard InChI is InChI=1S/C23H31N3O2/c1-15-7-6-8-20(13-15)14-25-9-11-26(12-10-25)18(4)23(28)22-16(2)21(19(5)27)17(3)24-22/h6-8,13,18,24H,9-12,14H2,1-5H3/p+2/t18-/m1/s1. The lowest BCUT2D eigenvalue weighted by Gasteiger charge is -2.32. The number of Topliss-reactive ketones (excluding diaryl/α,β-unsaturated/α-hetero) is 2. The highest BCUT2D eigenvalue weighted by Gasteiger charge is 2.33. The zero-order valence-electron chi connectivity index (χ0n) is 17.7. The Bertz CT molecular complexity index is 876. The lowest BCUT2D eigenvalue weighted by Crippen LogP contribution is -3.29. The number of rotatable bonds is 6. The van der Waals surface area contributed by atoms with Crippen LogP contribution >= 0.6 is 0 Å². The van der Waals surface area contributed by atoms with Gasteiger partial charge in [-0.3, -0.25) is 9.59 Å². The topological polar surface area (TPSA) is 58.8 Å². The van der Waals surface area contributed by atoms with Gasteiger partial charge in [0.2, 0.25) is 5.78 Å². The Morgan fingerprint density at radius 3 is 2.36 bits per heavy atom. The predicted molar refractivity (Wildman–Crippen MR) is 110 cm³/mol. The first-order valence-corrected chi connectivity index (χ1v) is 10.3. The van der Waals surface area contributed by atoms with E-state index in [9.17, 15) is 9.59 Å². The molecule has 1 aliphatic heterocycles. The zero-order chi connectivity index (χ0) is 20.4. The molecule has 2 aromatic rings. The van der Waals surface area contributed by atoms with Crippen LogP contribution in [0.15, 0.2) is 24.3 Å². The molecule has 5 nitrogen and oxygen atoms in total. The normalized spacial score (nSPS) is 20.8. The van der Waals surface area contributed by atoms with Crippen molar-refractivity contribution in [3.05, 3.63) is 57.9 Å². The number of benzene rings is 1. The maximum absolute atomic E-state index is 13.1. The van der Waals surface area contributed by atoms with Crippen molar-refractivity contribution in [3.8, 4) is 0 Å². The lowest BCUT2D eigenvalue weighted by molar-refractivity contribution is -1.02. The van der Waals surface area contributed by atoms with E-state index in [4.69, 9.17) is 0 Å². The molecule has 150 valence electrons. The molecule has 0 bridgehead atoms. The summed E-state index contributed by atoms with van der Waals surface area (Å²) in [5.41, 5.74) is 5.56. The molecule has 0 amide bonds. The maximum atomic E-state index is 13.1. The fourth-order valence-electron chi connectivity index (χ4n) is 4.57. The van der Waals surface area contributed by atoms with Gasteiger partial charge in [-0.25, -0.2) is 0 Å². The summed E-state index contributed by atoms with van der Waals surface area (Å²) in [7, 11) is 0. The van der Waals surface area contributed by atoms with Gasteiger partial charge in [-0.15, -0.1) is 0 Å². The number of aryl methyl sites for hydroxylation is 2. The number of carbonyl (C=O) groups is 2. The number of aromatic nitrogens is 1. The van der Waals surface area contributed by atoms with Crippen LogP contribution in [0.5, 0.6) is 0 Å². The minimum Gasteiger partial charge on any atom is -0.355 e. The van der Waals surface area contributed by atoms with E-state index in [1.54, 1.807) is 11.8 Å². The summed E-state index contributed by atoms with van der Waals surface area (Å²) in [6.45, 7) is 14.6. The second-order valence-corrected chi connectivity index (χ2v) is 8.34. The fourth-order valence-corrected chi connectivity index (χ4v) is 4.57. The van der Waals surface area contributed by atoms with Crippen LogP contribution in [-0.4, -0.2) is 48.8 Å². The van der Waals surface area contributed by atoms with E-state index in [1.165, 1.54) is 16.0 Å². The second-order valence-electron chi connectivity index (χ2n) is 8.34. The number of piperazine rings is 1. The van der Waals surface area contributed by atoms with Crippen molar-refractivity contribution in [2.24, 2.45) is 0 Å². The third-order valence-electron chi connectivity index (χ3n) is 6.18. The summed E-state index contributed by atoms with van der Waals surface area (Å²) in [6, 6.07) is 8.63.